The number of amides is 1. The molecule has 1 heterocycles. The van der Waals surface area contributed by atoms with Gasteiger partial charge in [-0.15, -0.1) is 0 Å². The van der Waals surface area contributed by atoms with Crippen LogP contribution in [0.1, 0.15) is 16.1 Å². The van der Waals surface area contributed by atoms with Crippen LogP contribution in [-0.2, 0) is 4.79 Å². The van der Waals surface area contributed by atoms with Crippen LogP contribution < -0.4 is 10.1 Å². The summed E-state index contributed by atoms with van der Waals surface area (Å²) in [5.41, 5.74) is 1.18. The van der Waals surface area contributed by atoms with Crippen molar-refractivity contribution >= 4 is 46.2 Å². The lowest BCUT2D eigenvalue weighted by atomic mass is 10.1. The number of rotatable bonds is 5. The van der Waals surface area contributed by atoms with Crippen LogP contribution in [0.15, 0.2) is 76.9 Å². The summed E-state index contributed by atoms with van der Waals surface area (Å²) in [6.07, 6.45) is 2.84. The van der Waals surface area contributed by atoms with Crippen LogP contribution >= 0.6 is 22.6 Å². The maximum absolute atomic E-state index is 12.3. The molecule has 1 N–H and O–H groups in total. The van der Waals surface area contributed by atoms with Crippen molar-refractivity contribution in [2.45, 2.75) is 0 Å². The third-order valence-electron chi connectivity index (χ3n) is 3.57. The molecule has 0 bridgehead atoms. The molecule has 2 aromatic carbocycles. The Kier molecular flexibility index (Phi) is 6.24. The topological polar surface area (TPSA) is 92.3 Å². The molecule has 0 unspecified atom stereocenters. The van der Waals surface area contributed by atoms with Crippen molar-refractivity contribution in [1.82, 2.24) is 0 Å². The van der Waals surface area contributed by atoms with E-state index in [4.69, 9.17) is 9.15 Å². The Labute approximate surface area is 174 Å². The monoisotopic (exact) mass is 484 g/mol. The second kappa shape index (κ2) is 9.01. The second-order valence-corrected chi connectivity index (χ2v) is 6.82. The van der Waals surface area contributed by atoms with Gasteiger partial charge < -0.3 is 14.5 Å². The highest BCUT2D eigenvalue weighted by Gasteiger charge is 2.12. The molecule has 0 atom stereocenters. The number of anilines is 1. The number of ether oxygens (including phenoxy) is 1. The number of hydrogen-bond acceptors (Lipinski definition) is 5. The minimum Gasteiger partial charge on any atom is -0.457 e. The van der Waals surface area contributed by atoms with Gasteiger partial charge in [-0.1, -0.05) is 18.2 Å². The molecule has 1 aromatic heterocycles. The fraction of sp³-hybridized carbons (Fsp3) is 0. The number of esters is 1. The van der Waals surface area contributed by atoms with Crippen LogP contribution in [-0.4, -0.2) is 11.9 Å². The normalized spacial score (nSPS) is 10.8. The zero-order valence-electron chi connectivity index (χ0n) is 14.4. The summed E-state index contributed by atoms with van der Waals surface area (Å²) >= 11 is 2.14. The van der Waals surface area contributed by atoms with Gasteiger partial charge in [-0.25, -0.2) is 4.79 Å². The summed E-state index contributed by atoms with van der Waals surface area (Å²) in [6.45, 7) is 0. The highest BCUT2D eigenvalue weighted by molar-refractivity contribution is 14.1. The fourth-order valence-electron chi connectivity index (χ4n) is 2.26. The lowest BCUT2D eigenvalue weighted by Crippen LogP contribution is -2.13. The van der Waals surface area contributed by atoms with Crippen LogP contribution in [0.4, 0.5) is 5.69 Å². The molecule has 0 aliphatic heterocycles. The molecule has 0 saturated carbocycles. The number of nitriles is 1. The molecule has 0 fully saturated rings. The smallest absolute Gasteiger partial charge is 0.379 e. The minimum atomic E-state index is -0.608. The number of furan rings is 1. The molecule has 0 saturated heterocycles. The van der Waals surface area contributed by atoms with Crippen LogP contribution in [0.5, 0.6) is 5.75 Å². The number of carbonyl (C=O) groups excluding carboxylic acids is 2. The molecular formula is C21H13IN2O4. The van der Waals surface area contributed by atoms with Crippen molar-refractivity contribution in [2.24, 2.45) is 0 Å². The van der Waals surface area contributed by atoms with Gasteiger partial charge in [0.15, 0.2) is 0 Å². The highest BCUT2D eigenvalue weighted by Crippen LogP contribution is 2.18. The molecule has 1 amide bonds. The first-order valence-electron chi connectivity index (χ1n) is 8.09. The van der Waals surface area contributed by atoms with Crippen molar-refractivity contribution in [3.8, 4) is 11.8 Å². The predicted octanol–water partition coefficient (Wildman–Crippen LogP) is 4.65. The standard InChI is InChI=1S/C21H13IN2O4/c22-16-3-1-4-17(12-16)24-20(25)15(13-23)11-14-6-8-18(9-7-14)28-21(26)19-5-2-10-27-19/h1-12H,(H,24,25)/b15-11+. The van der Waals surface area contributed by atoms with Gasteiger partial charge in [-0.2, -0.15) is 5.26 Å². The maximum atomic E-state index is 12.3. The molecule has 138 valence electrons. The third kappa shape index (κ3) is 5.08. The van der Waals surface area contributed by atoms with E-state index in [1.54, 1.807) is 42.5 Å². The van der Waals surface area contributed by atoms with E-state index in [0.29, 0.717) is 17.0 Å². The highest BCUT2D eigenvalue weighted by atomic mass is 127. The van der Waals surface area contributed by atoms with Crippen molar-refractivity contribution < 1.29 is 18.7 Å². The van der Waals surface area contributed by atoms with E-state index < -0.39 is 11.9 Å². The van der Waals surface area contributed by atoms with Crippen LogP contribution in [0.3, 0.4) is 0 Å². The van der Waals surface area contributed by atoms with E-state index in [1.165, 1.54) is 18.4 Å². The Morgan fingerprint density at radius 3 is 2.54 bits per heavy atom. The molecular weight excluding hydrogens is 471 g/mol. The molecule has 0 aliphatic rings. The number of benzene rings is 2. The number of nitrogens with zero attached hydrogens (tertiary/aromatic N) is 1. The van der Waals surface area contributed by atoms with Crippen LogP contribution in [0.2, 0.25) is 0 Å². The second-order valence-electron chi connectivity index (χ2n) is 5.57. The molecule has 0 aliphatic carbocycles. The van der Waals surface area contributed by atoms with E-state index in [0.717, 1.165) is 3.57 Å². The predicted molar refractivity (Wildman–Crippen MR) is 111 cm³/mol. The Balaban J connectivity index is 1.69. The molecule has 28 heavy (non-hydrogen) atoms. The van der Waals surface area contributed by atoms with Crippen LogP contribution in [0, 0.1) is 14.9 Å². The Morgan fingerprint density at radius 2 is 1.89 bits per heavy atom. The van der Waals surface area contributed by atoms with E-state index in [9.17, 15) is 14.9 Å². The summed E-state index contributed by atoms with van der Waals surface area (Å²) in [4.78, 5) is 24.2. The average molecular weight is 484 g/mol. The van der Waals surface area contributed by atoms with Gasteiger partial charge in [0.05, 0.1) is 6.26 Å². The summed E-state index contributed by atoms with van der Waals surface area (Å²) < 4.78 is 11.1. The van der Waals surface area contributed by atoms with E-state index in [-0.39, 0.29) is 11.3 Å². The van der Waals surface area contributed by atoms with Crippen molar-refractivity contribution in [3.05, 3.63) is 87.4 Å². The summed E-state index contributed by atoms with van der Waals surface area (Å²) in [5.74, 6) is -0.691. The lowest BCUT2D eigenvalue weighted by molar-refractivity contribution is -0.112. The zero-order chi connectivity index (χ0) is 19.9. The van der Waals surface area contributed by atoms with Gasteiger partial charge in [0.25, 0.3) is 5.91 Å². The fourth-order valence-corrected chi connectivity index (χ4v) is 2.81. The summed E-state index contributed by atoms with van der Waals surface area (Å²) in [6, 6.07) is 18.7. The molecule has 6 nitrogen and oxygen atoms in total. The quantitative estimate of drug-likeness (QED) is 0.187. The number of nitrogens with one attached hydrogen (secondary N) is 1. The first kappa shape index (κ1) is 19.4. The van der Waals surface area contributed by atoms with E-state index in [1.807, 2.05) is 18.2 Å². The largest absolute Gasteiger partial charge is 0.457 e. The Bertz CT molecular complexity index is 1060. The van der Waals surface area contributed by atoms with E-state index in [2.05, 4.69) is 27.9 Å². The van der Waals surface area contributed by atoms with Crippen molar-refractivity contribution in [1.29, 1.82) is 5.26 Å². The van der Waals surface area contributed by atoms with E-state index >= 15 is 0 Å². The number of carbonyl (C=O) groups is 2. The lowest BCUT2D eigenvalue weighted by Gasteiger charge is -2.05. The Morgan fingerprint density at radius 1 is 1.11 bits per heavy atom. The van der Waals surface area contributed by atoms with Crippen molar-refractivity contribution in [3.63, 3.8) is 0 Å². The van der Waals surface area contributed by atoms with Gasteiger partial charge >= 0.3 is 5.97 Å². The van der Waals surface area contributed by atoms with Gasteiger partial charge in [-0.05, 0) is 76.7 Å². The molecule has 3 rings (SSSR count). The van der Waals surface area contributed by atoms with Crippen molar-refractivity contribution in [2.75, 3.05) is 5.32 Å². The van der Waals surface area contributed by atoms with Crippen LogP contribution in [0.25, 0.3) is 6.08 Å². The van der Waals surface area contributed by atoms with Gasteiger partial charge in [-0.3, -0.25) is 4.79 Å². The zero-order valence-corrected chi connectivity index (χ0v) is 16.5. The minimum absolute atomic E-state index is 0.0424. The summed E-state index contributed by atoms with van der Waals surface area (Å²) in [5, 5.41) is 12.0. The molecule has 0 spiro atoms. The van der Waals surface area contributed by atoms with Gasteiger partial charge in [0.1, 0.15) is 17.4 Å². The van der Waals surface area contributed by atoms with Gasteiger partial charge in [0, 0.05) is 9.26 Å². The number of halogens is 1. The average Bonchev–Trinajstić information content (AvgIpc) is 3.22. The summed E-state index contributed by atoms with van der Waals surface area (Å²) in [7, 11) is 0. The number of hydrogen-bond donors (Lipinski definition) is 1. The molecule has 0 radical (unpaired) electrons. The third-order valence-corrected chi connectivity index (χ3v) is 4.24. The van der Waals surface area contributed by atoms with Gasteiger partial charge in [0.2, 0.25) is 5.76 Å². The molecule has 7 heteroatoms. The Hall–Kier alpha value is -3.38. The first-order valence-corrected chi connectivity index (χ1v) is 9.17. The SMILES string of the molecule is N#C/C(=C\c1ccc(OC(=O)c2ccco2)cc1)C(=O)Nc1cccc(I)c1. The maximum Gasteiger partial charge on any atom is 0.379 e. The first-order chi connectivity index (χ1) is 13.5. The molecule has 3 aromatic rings.